The topological polar surface area (TPSA) is 32.3 Å². The summed E-state index contributed by atoms with van der Waals surface area (Å²) < 4.78 is 0. The number of hydrogen-bond acceptors (Lipinski definition) is 2. The molecule has 1 aliphatic rings. The third-order valence-electron chi connectivity index (χ3n) is 3.27. The van der Waals surface area contributed by atoms with Gasteiger partial charge in [0.2, 0.25) is 0 Å². The van der Waals surface area contributed by atoms with E-state index in [1.807, 2.05) is 0 Å². The summed E-state index contributed by atoms with van der Waals surface area (Å²) in [6.45, 7) is 3.74. The molecule has 2 N–H and O–H groups in total. The zero-order valence-electron chi connectivity index (χ0n) is 9.47. The Kier molecular flexibility index (Phi) is 6.20. The minimum atomic E-state index is 0.329. The summed E-state index contributed by atoms with van der Waals surface area (Å²) in [6.07, 6.45) is 9.16. The summed E-state index contributed by atoms with van der Waals surface area (Å²) in [5, 5.41) is 12.3. The van der Waals surface area contributed by atoms with E-state index in [1.54, 1.807) is 0 Å². The quantitative estimate of drug-likeness (QED) is 0.688. The highest BCUT2D eigenvalue weighted by atomic mass is 16.2. The summed E-state index contributed by atoms with van der Waals surface area (Å²) in [5.41, 5.74) is 0. The van der Waals surface area contributed by atoms with Crippen LogP contribution in [-0.4, -0.2) is 24.3 Å². The van der Waals surface area contributed by atoms with Gasteiger partial charge in [0.1, 0.15) is 0 Å². The van der Waals surface area contributed by atoms with Crippen molar-refractivity contribution in [1.82, 2.24) is 5.32 Å². The maximum absolute atomic E-state index is 8.70. The monoisotopic (exact) mass is 199 g/mol. The van der Waals surface area contributed by atoms with Crippen LogP contribution in [0, 0.1) is 5.92 Å². The molecule has 1 saturated carbocycles. The van der Waals surface area contributed by atoms with Crippen molar-refractivity contribution in [2.24, 2.45) is 5.92 Å². The Morgan fingerprint density at radius 1 is 1.29 bits per heavy atom. The normalized spacial score (nSPS) is 21.0. The molecule has 0 aromatic rings. The highest BCUT2D eigenvalue weighted by Crippen LogP contribution is 2.22. The number of nitrogens with one attached hydrogen (secondary N) is 1. The van der Waals surface area contributed by atoms with Gasteiger partial charge in [0.15, 0.2) is 0 Å². The zero-order chi connectivity index (χ0) is 10.2. The molecule has 0 aliphatic heterocycles. The molecule has 1 rings (SSSR count). The molecule has 0 amide bonds. The van der Waals surface area contributed by atoms with Crippen LogP contribution in [0.4, 0.5) is 0 Å². The first kappa shape index (κ1) is 12.0. The maximum atomic E-state index is 8.70. The average Bonchev–Trinajstić information content (AvgIpc) is 2.25. The fraction of sp³-hybridized carbons (Fsp3) is 1.00. The minimum absolute atomic E-state index is 0.329. The van der Waals surface area contributed by atoms with Crippen LogP contribution < -0.4 is 5.32 Å². The second kappa shape index (κ2) is 7.24. The maximum Gasteiger partial charge on any atom is 0.0431 e. The van der Waals surface area contributed by atoms with E-state index in [0.717, 1.165) is 18.8 Å². The van der Waals surface area contributed by atoms with Gasteiger partial charge >= 0.3 is 0 Å². The molecule has 0 spiro atoms. The Morgan fingerprint density at radius 3 is 2.64 bits per heavy atom. The van der Waals surface area contributed by atoms with Gasteiger partial charge in [-0.3, -0.25) is 0 Å². The van der Waals surface area contributed by atoms with Crippen LogP contribution >= 0.6 is 0 Å². The van der Waals surface area contributed by atoms with E-state index in [2.05, 4.69) is 12.2 Å². The molecule has 1 aliphatic carbocycles. The van der Waals surface area contributed by atoms with E-state index in [0.29, 0.717) is 12.6 Å². The predicted octanol–water partition coefficient (Wildman–Crippen LogP) is 2.32. The molecule has 1 fully saturated rings. The Bertz CT molecular complexity index is 132. The van der Waals surface area contributed by atoms with Gasteiger partial charge in [0.25, 0.3) is 0 Å². The lowest BCUT2D eigenvalue weighted by Gasteiger charge is -2.24. The van der Waals surface area contributed by atoms with Crippen LogP contribution in [-0.2, 0) is 0 Å². The molecule has 14 heavy (non-hydrogen) atoms. The van der Waals surface area contributed by atoms with Crippen molar-refractivity contribution in [3.8, 4) is 0 Å². The van der Waals surface area contributed by atoms with Gasteiger partial charge in [-0.1, -0.05) is 19.3 Å². The van der Waals surface area contributed by atoms with Crippen LogP contribution in [0.2, 0.25) is 0 Å². The van der Waals surface area contributed by atoms with Gasteiger partial charge in [0, 0.05) is 12.6 Å². The van der Waals surface area contributed by atoms with Gasteiger partial charge in [-0.2, -0.15) is 0 Å². The molecule has 0 bridgehead atoms. The average molecular weight is 199 g/mol. The second-order valence-electron chi connectivity index (χ2n) is 4.68. The van der Waals surface area contributed by atoms with Gasteiger partial charge in [-0.25, -0.2) is 0 Å². The SMILES string of the molecule is C[C@@H](CCCO)NCC1CCCCC1. The number of aliphatic hydroxyl groups is 1. The fourth-order valence-corrected chi connectivity index (χ4v) is 2.26. The van der Waals surface area contributed by atoms with E-state index in [1.165, 1.54) is 38.6 Å². The molecule has 0 unspecified atom stereocenters. The molecule has 0 aromatic heterocycles. The molecular weight excluding hydrogens is 174 g/mol. The minimum Gasteiger partial charge on any atom is -0.396 e. The Balaban J connectivity index is 2.00. The predicted molar refractivity (Wildman–Crippen MR) is 60.4 cm³/mol. The lowest BCUT2D eigenvalue weighted by atomic mass is 9.89. The van der Waals surface area contributed by atoms with Crippen molar-refractivity contribution >= 4 is 0 Å². The molecule has 1 atom stereocenters. The van der Waals surface area contributed by atoms with Gasteiger partial charge in [-0.05, 0) is 45.1 Å². The van der Waals surface area contributed by atoms with Gasteiger partial charge in [0.05, 0.1) is 0 Å². The molecule has 2 heteroatoms. The van der Waals surface area contributed by atoms with E-state index >= 15 is 0 Å². The molecule has 0 aromatic carbocycles. The van der Waals surface area contributed by atoms with Crippen LogP contribution in [0.15, 0.2) is 0 Å². The second-order valence-corrected chi connectivity index (χ2v) is 4.68. The van der Waals surface area contributed by atoms with Crippen molar-refractivity contribution in [1.29, 1.82) is 0 Å². The number of aliphatic hydroxyl groups excluding tert-OH is 1. The molecular formula is C12H25NO. The Morgan fingerprint density at radius 2 is 2.00 bits per heavy atom. The van der Waals surface area contributed by atoms with E-state index in [-0.39, 0.29) is 0 Å². The standard InChI is InChI=1S/C12H25NO/c1-11(6-5-9-14)13-10-12-7-3-2-4-8-12/h11-14H,2-10H2,1H3/t11-/m0/s1. The van der Waals surface area contributed by atoms with Crippen LogP contribution in [0.1, 0.15) is 51.9 Å². The van der Waals surface area contributed by atoms with E-state index in [4.69, 9.17) is 5.11 Å². The van der Waals surface area contributed by atoms with Crippen molar-refractivity contribution in [2.45, 2.75) is 57.9 Å². The van der Waals surface area contributed by atoms with E-state index < -0.39 is 0 Å². The zero-order valence-corrected chi connectivity index (χ0v) is 9.47. The molecule has 0 saturated heterocycles. The fourth-order valence-electron chi connectivity index (χ4n) is 2.26. The highest BCUT2D eigenvalue weighted by Gasteiger charge is 2.13. The molecule has 2 nitrogen and oxygen atoms in total. The van der Waals surface area contributed by atoms with Crippen LogP contribution in [0.5, 0.6) is 0 Å². The third-order valence-corrected chi connectivity index (χ3v) is 3.27. The number of hydrogen-bond donors (Lipinski definition) is 2. The Labute approximate surface area is 88.1 Å². The highest BCUT2D eigenvalue weighted by molar-refractivity contribution is 4.70. The molecule has 84 valence electrons. The summed E-state index contributed by atoms with van der Waals surface area (Å²) in [7, 11) is 0. The molecule has 0 heterocycles. The van der Waals surface area contributed by atoms with Crippen molar-refractivity contribution in [3.63, 3.8) is 0 Å². The first-order valence-corrected chi connectivity index (χ1v) is 6.17. The number of rotatable bonds is 6. The third kappa shape index (κ3) is 4.97. The first-order chi connectivity index (χ1) is 6.83. The lowest BCUT2D eigenvalue weighted by molar-refractivity contribution is 0.271. The van der Waals surface area contributed by atoms with Crippen LogP contribution in [0.3, 0.4) is 0 Å². The van der Waals surface area contributed by atoms with Crippen molar-refractivity contribution in [2.75, 3.05) is 13.2 Å². The summed E-state index contributed by atoms with van der Waals surface area (Å²) in [4.78, 5) is 0. The molecule has 0 radical (unpaired) electrons. The van der Waals surface area contributed by atoms with Gasteiger partial charge < -0.3 is 10.4 Å². The summed E-state index contributed by atoms with van der Waals surface area (Å²) >= 11 is 0. The first-order valence-electron chi connectivity index (χ1n) is 6.17. The van der Waals surface area contributed by atoms with Gasteiger partial charge in [-0.15, -0.1) is 0 Å². The summed E-state index contributed by atoms with van der Waals surface area (Å²) in [5.74, 6) is 0.917. The Hall–Kier alpha value is -0.0800. The van der Waals surface area contributed by atoms with Crippen molar-refractivity contribution < 1.29 is 5.11 Å². The smallest absolute Gasteiger partial charge is 0.0431 e. The lowest BCUT2D eigenvalue weighted by Crippen LogP contribution is -2.32. The van der Waals surface area contributed by atoms with Crippen molar-refractivity contribution in [3.05, 3.63) is 0 Å². The summed E-state index contributed by atoms with van der Waals surface area (Å²) in [6, 6.07) is 0.573. The van der Waals surface area contributed by atoms with Crippen LogP contribution in [0.25, 0.3) is 0 Å². The van der Waals surface area contributed by atoms with E-state index in [9.17, 15) is 0 Å². The largest absolute Gasteiger partial charge is 0.396 e.